The van der Waals surface area contributed by atoms with Crippen LogP contribution in [0.1, 0.15) is 36.3 Å². The van der Waals surface area contributed by atoms with Crippen molar-refractivity contribution >= 4 is 18.0 Å². The number of carbonyl (C=O) groups is 3. The number of nitrogens with zero attached hydrogens (tertiary/aromatic N) is 1. The lowest BCUT2D eigenvalue weighted by Gasteiger charge is -2.24. The first-order valence-electron chi connectivity index (χ1n) is 11.4. The summed E-state index contributed by atoms with van der Waals surface area (Å²) in [6, 6.07) is 15.3. The molecule has 2 N–H and O–H groups in total. The Balaban J connectivity index is 1.17. The van der Waals surface area contributed by atoms with Crippen molar-refractivity contribution in [2.45, 2.75) is 37.3 Å². The summed E-state index contributed by atoms with van der Waals surface area (Å²) in [6.45, 7) is 0.692. The lowest BCUT2D eigenvalue weighted by atomic mass is 9.98. The van der Waals surface area contributed by atoms with Crippen LogP contribution in [0.25, 0.3) is 11.1 Å². The molecule has 1 heterocycles. The van der Waals surface area contributed by atoms with E-state index in [9.17, 15) is 19.5 Å². The SMILES string of the molecule is O=C(NC1C=CC(C(=O)N2CCCC2C(=O)O)C1)OCC1c2ccccc2-c2ccccc21. The predicted molar refractivity (Wildman–Crippen MR) is 122 cm³/mol. The molecule has 0 spiro atoms. The summed E-state index contributed by atoms with van der Waals surface area (Å²) < 4.78 is 5.59. The molecular formula is C26H26N2O5. The van der Waals surface area contributed by atoms with Crippen LogP contribution in [0.15, 0.2) is 60.7 Å². The number of carbonyl (C=O) groups excluding carboxylic acids is 2. The third-order valence-electron chi connectivity index (χ3n) is 6.87. The van der Waals surface area contributed by atoms with Gasteiger partial charge in [-0.15, -0.1) is 0 Å². The van der Waals surface area contributed by atoms with Gasteiger partial charge in [0.2, 0.25) is 5.91 Å². The number of aliphatic carboxylic acids is 1. The average Bonchev–Trinajstić information content (AvgIpc) is 3.55. The van der Waals surface area contributed by atoms with Gasteiger partial charge in [0.25, 0.3) is 0 Å². The first-order chi connectivity index (χ1) is 16.0. The molecule has 1 saturated heterocycles. The maximum absolute atomic E-state index is 12.8. The monoisotopic (exact) mass is 446 g/mol. The van der Waals surface area contributed by atoms with Crippen molar-refractivity contribution in [3.63, 3.8) is 0 Å². The van der Waals surface area contributed by atoms with Gasteiger partial charge in [-0.2, -0.15) is 0 Å². The van der Waals surface area contributed by atoms with E-state index in [-0.39, 0.29) is 24.5 Å². The van der Waals surface area contributed by atoms with Crippen LogP contribution in [0.4, 0.5) is 4.79 Å². The highest BCUT2D eigenvalue weighted by Crippen LogP contribution is 2.44. The number of rotatable bonds is 5. The molecule has 0 bridgehead atoms. The summed E-state index contributed by atoms with van der Waals surface area (Å²) in [6.07, 6.45) is 4.61. The van der Waals surface area contributed by atoms with Crippen LogP contribution in [-0.2, 0) is 14.3 Å². The smallest absolute Gasteiger partial charge is 0.407 e. The maximum atomic E-state index is 12.8. The van der Waals surface area contributed by atoms with E-state index in [4.69, 9.17) is 4.74 Å². The fourth-order valence-electron chi connectivity index (χ4n) is 5.28. The Morgan fingerprint density at radius 2 is 1.67 bits per heavy atom. The van der Waals surface area contributed by atoms with Crippen molar-refractivity contribution in [1.29, 1.82) is 0 Å². The number of hydrogen-bond donors (Lipinski definition) is 2. The van der Waals surface area contributed by atoms with Gasteiger partial charge in [0, 0.05) is 12.5 Å². The Kier molecular flexibility index (Phi) is 5.62. The second-order valence-corrected chi connectivity index (χ2v) is 8.83. The van der Waals surface area contributed by atoms with Crippen molar-refractivity contribution in [1.82, 2.24) is 10.2 Å². The molecule has 1 aliphatic heterocycles. The van der Waals surface area contributed by atoms with Gasteiger partial charge in [-0.05, 0) is 41.5 Å². The molecule has 2 aromatic carbocycles. The predicted octanol–water partition coefficient (Wildman–Crippen LogP) is 3.55. The number of carboxylic acid groups (broad SMARTS) is 1. The van der Waals surface area contributed by atoms with Gasteiger partial charge in [-0.1, -0.05) is 60.7 Å². The molecule has 0 radical (unpaired) electrons. The number of hydrogen-bond acceptors (Lipinski definition) is 4. The van der Waals surface area contributed by atoms with Gasteiger partial charge >= 0.3 is 12.1 Å². The molecular weight excluding hydrogens is 420 g/mol. The summed E-state index contributed by atoms with van der Waals surface area (Å²) in [5.74, 6) is -1.59. The van der Waals surface area contributed by atoms with Crippen LogP contribution in [0.2, 0.25) is 0 Å². The van der Waals surface area contributed by atoms with Gasteiger partial charge in [-0.3, -0.25) is 4.79 Å². The van der Waals surface area contributed by atoms with Crippen LogP contribution < -0.4 is 5.32 Å². The second kappa shape index (κ2) is 8.73. The molecule has 5 rings (SSSR count). The van der Waals surface area contributed by atoms with Crippen molar-refractivity contribution < 1.29 is 24.2 Å². The molecule has 1 fully saturated rings. The molecule has 7 nitrogen and oxygen atoms in total. The normalized spacial score (nSPS) is 23.3. The third-order valence-corrected chi connectivity index (χ3v) is 6.87. The first kappa shape index (κ1) is 21.2. The summed E-state index contributed by atoms with van der Waals surface area (Å²) in [5.41, 5.74) is 4.64. The topological polar surface area (TPSA) is 95.9 Å². The first-order valence-corrected chi connectivity index (χ1v) is 11.4. The number of carboxylic acids is 1. The van der Waals surface area contributed by atoms with E-state index in [0.29, 0.717) is 25.8 Å². The zero-order valence-corrected chi connectivity index (χ0v) is 18.1. The highest BCUT2D eigenvalue weighted by Gasteiger charge is 2.38. The zero-order chi connectivity index (χ0) is 22.9. The number of nitrogens with one attached hydrogen (secondary N) is 1. The summed E-state index contributed by atoms with van der Waals surface area (Å²) in [5, 5.41) is 12.2. The van der Waals surface area contributed by atoms with Crippen LogP contribution in [-0.4, -0.2) is 53.2 Å². The largest absolute Gasteiger partial charge is 0.480 e. The number of amides is 2. The minimum absolute atomic E-state index is 0.0142. The Hall–Kier alpha value is -3.61. The Morgan fingerprint density at radius 3 is 2.33 bits per heavy atom. The number of benzene rings is 2. The Morgan fingerprint density at radius 1 is 1.00 bits per heavy atom. The van der Waals surface area contributed by atoms with Gasteiger partial charge in [0.05, 0.1) is 12.0 Å². The van der Waals surface area contributed by atoms with Gasteiger partial charge < -0.3 is 20.1 Å². The van der Waals surface area contributed by atoms with E-state index in [1.54, 1.807) is 12.2 Å². The molecule has 0 saturated carbocycles. The average molecular weight is 447 g/mol. The summed E-state index contributed by atoms with van der Waals surface area (Å²) in [7, 11) is 0. The van der Waals surface area contributed by atoms with E-state index in [1.165, 1.54) is 16.0 Å². The Labute approximate surface area is 192 Å². The Bertz CT molecular complexity index is 1080. The van der Waals surface area contributed by atoms with Crippen molar-refractivity contribution in [3.05, 3.63) is 71.8 Å². The highest BCUT2D eigenvalue weighted by atomic mass is 16.5. The number of ether oxygens (including phenoxy) is 1. The van der Waals surface area contributed by atoms with Crippen LogP contribution >= 0.6 is 0 Å². The highest BCUT2D eigenvalue weighted by molar-refractivity contribution is 5.87. The van der Waals surface area contributed by atoms with Crippen LogP contribution in [0, 0.1) is 5.92 Å². The minimum atomic E-state index is -0.962. The zero-order valence-electron chi connectivity index (χ0n) is 18.1. The molecule has 3 atom stereocenters. The molecule has 33 heavy (non-hydrogen) atoms. The van der Waals surface area contributed by atoms with Gasteiger partial charge in [0.1, 0.15) is 12.6 Å². The van der Waals surface area contributed by atoms with E-state index in [1.807, 2.05) is 24.3 Å². The lowest BCUT2D eigenvalue weighted by Crippen LogP contribution is -2.43. The van der Waals surface area contributed by atoms with E-state index < -0.39 is 24.0 Å². The maximum Gasteiger partial charge on any atom is 0.407 e. The summed E-state index contributed by atoms with van der Waals surface area (Å²) in [4.78, 5) is 38.2. The van der Waals surface area contributed by atoms with Crippen LogP contribution in [0.5, 0.6) is 0 Å². The van der Waals surface area contributed by atoms with Crippen molar-refractivity contribution in [2.24, 2.45) is 5.92 Å². The van der Waals surface area contributed by atoms with E-state index >= 15 is 0 Å². The number of likely N-dealkylation sites (tertiary alicyclic amines) is 1. The molecule has 2 aromatic rings. The summed E-state index contributed by atoms with van der Waals surface area (Å²) >= 11 is 0. The minimum Gasteiger partial charge on any atom is -0.480 e. The van der Waals surface area contributed by atoms with Crippen molar-refractivity contribution in [3.8, 4) is 11.1 Å². The molecule has 3 unspecified atom stereocenters. The molecule has 2 aliphatic carbocycles. The molecule has 2 amide bonds. The molecule has 3 aliphatic rings. The standard InChI is InChI=1S/C26H26N2O5/c29-24(28-13-5-10-23(28)25(30)31)16-11-12-17(14-16)27-26(32)33-15-22-20-8-3-1-6-18(20)19-7-2-4-9-21(19)22/h1-4,6-9,11-12,16-17,22-23H,5,10,13-15H2,(H,27,32)(H,30,31). The fraction of sp³-hybridized carbons (Fsp3) is 0.346. The molecule has 0 aromatic heterocycles. The van der Waals surface area contributed by atoms with E-state index in [2.05, 4.69) is 29.6 Å². The molecule has 170 valence electrons. The second-order valence-electron chi connectivity index (χ2n) is 8.83. The number of alkyl carbamates (subject to hydrolysis) is 1. The number of fused-ring (bicyclic) bond motifs is 3. The van der Waals surface area contributed by atoms with Crippen LogP contribution in [0.3, 0.4) is 0 Å². The quantitative estimate of drug-likeness (QED) is 0.685. The third kappa shape index (κ3) is 3.99. The van der Waals surface area contributed by atoms with E-state index in [0.717, 1.165) is 11.1 Å². The molecule has 7 heteroatoms. The van der Waals surface area contributed by atoms with Gasteiger partial charge in [-0.25, -0.2) is 9.59 Å². The van der Waals surface area contributed by atoms with Crippen molar-refractivity contribution in [2.75, 3.05) is 13.2 Å². The fourth-order valence-corrected chi connectivity index (χ4v) is 5.28. The van der Waals surface area contributed by atoms with Gasteiger partial charge in [0.15, 0.2) is 0 Å². The lowest BCUT2D eigenvalue weighted by molar-refractivity contribution is -0.149.